The number of hydrogen-bond donors (Lipinski definition) is 2. The van der Waals surface area contributed by atoms with Crippen LogP contribution in [-0.2, 0) is 0 Å². The van der Waals surface area contributed by atoms with Crippen molar-refractivity contribution in [2.24, 2.45) is 0 Å². The van der Waals surface area contributed by atoms with Gasteiger partial charge in [-0.25, -0.2) is 15.0 Å². The van der Waals surface area contributed by atoms with Crippen molar-refractivity contribution in [1.29, 1.82) is 0 Å². The molecule has 0 fully saturated rings. The smallest absolute Gasteiger partial charge is 0.255 e. The highest BCUT2D eigenvalue weighted by Crippen LogP contribution is 2.41. The molecule has 4 aromatic rings. The number of nitrogens with zero attached hydrogens (tertiary/aromatic N) is 4. The zero-order valence-electron chi connectivity index (χ0n) is 16.4. The van der Waals surface area contributed by atoms with Crippen LogP contribution in [0.25, 0.3) is 5.69 Å². The van der Waals surface area contributed by atoms with E-state index < -0.39 is 0 Å². The number of aromatic nitrogens is 4. The number of fused-ring (bicyclic) bond motifs is 1. The van der Waals surface area contributed by atoms with Crippen molar-refractivity contribution in [2.45, 2.75) is 18.5 Å². The normalized spacial score (nSPS) is 17.2. The highest BCUT2D eigenvalue weighted by atomic mass is 35.5. The van der Waals surface area contributed by atoms with Gasteiger partial charge >= 0.3 is 0 Å². The fourth-order valence-corrected chi connectivity index (χ4v) is 3.98. The van der Waals surface area contributed by atoms with E-state index in [1.54, 1.807) is 35.4 Å². The van der Waals surface area contributed by atoms with E-state index in [0.29, 0.717) is 11.0 Å². The average Bonchev–Trinajstić information content (AvgIpc) is 3.13. The Kier molecular flexibility index (Phi) is 5.09. The van der Waals surface area contributed by atoms with Crippen LogP contribution in [0, 0.1) is 0 Å². The van der Waals surface area contributed by atoms with E-state index in [9.17, 15) is 4.79 Å². The number of anilines is 2. The minimum Gasteiger partial charge on any atom is -0.363 e. The van der Waals surface area contributed by atoms with Gasteiger partial charge in [0.15, 0.2) is 0 Å². The molecule has 2 unspecified atom stereocenters. The maximum absolute atomic E-state index is 12.0. The Morgan fingerprint density at radius 1 is 0.839 bits per heavy atom. The van der Waals surface area contributed by atoms with Crippen LogP contribution in [0.4, 0.5) is 11.8 Å². The van der Waals surface area contributed by atoms with Crippen molar-refractivity contribution < 1.29 is 0 Å². The van der Waals surface area contributed by atoms with Gasteiger partial charge in [-0.2, -0.15) is 0 Å². The molecule has 5 rings (SSSR count). The predicted molar refractivity (Wildman–Crippen MR) is 121 cm³/mol. The molecule has 0 radical (unpaired) electrons. The summed E-state index contributed by atoms with van der Waals surface area (Å²) >= 11 is 5.89. The molecule has 2 atom stereocenters. The highest BCUT2D eigenvalue weighted by Gasteiger charge is 2.31. The molecule has 7 nitrogen and oxygen atoms in total. The van der Waals surface area contributed by atoms with E-state index in [0.717, 1.165) is 17.9 Å². The summed E-state index contributed by atoms with van der Waals surface area (Å²) in [6.07, 6.45) is 7.40. The SMILES string of the molecule is O=c1ccccn1-c1ccc(NC2CC(Nc3ncc(Cl)cn3)c3ccccc32)nc1. The second kappa shape index (κ2) is 8.20. The first-order valence-electron chi connectivity index (χ1n) is 9.91. The second-order valence-corrected chi connectivity index (χ2v) is 7.73. The van der Waals surface area contributed by atoms with Gasteiger partial charge in [0.1, 0.15) is 5.82 Å². The lowest BCUT2D eigenvalue weighted by atomic mass is 10.1. The second-order valence-electron chi connectivity index (χ2n) is 7.29. The quantitative estimate of drug-likeness (QED) is 0.488. The molecule has 0 spiro atoms. The van der Waals surface area contributed by atoms with Crippen molar-refractivity contribution >= 4 is 23.4 Å². The summed E-state index contributed by atoms with van der Waals surface area (Å²) in [6.45, 7) is 0. The van der Waals surface area contributed by atoms with Crippen molar-refractivity contribution in [1.82, 2.24) is 19.5 Å². The molecule has 154 valence electrons. The third-order valence-corrected chi connectivity index (χ3v) is 5.51. The van der Waals surface area contributed by atoms with E-state index >= 15 is 0 Å². The maximum atomic E-state index is 12.0. The Balaban J connectivity index is 1.35. The van der Waals surface area contributed by atoms with Crippen molar-refractivity contribution in [3.05, 3.63) is 106 Å². The molecule has 3 heterocycles. The monoisotopic (exact) mass is 430 g/mol. The number of pyridine rings is 2. The molecule has 0 saturated carbocycles. The summed E-state index contributed by atoms with van der Waals surface area (Å²) in [5.74, 6) is 1.29. The van der Waals surface area contributed by atoms with Crippen molar-refractivity contribution in [3.8, 4) is 5.69 Å². The van der Waals surface area contributed by atoms with Crippen molar-refractivity contribution in [2.75, 3.05) is 10.6 Å². The van der Waals surface area contributed by atoms with Crippen LogP contribution < -0.4 is 16.2 Å². The topological polar surface area (TPSA) is 84.7 Å². The number of hydrogen-bond acceptors (Lipinski definition) is 6. The Hall–Kier alpha value is -3.71. The molecule has 1 aliphatic carbocycles. The van der Waals surface area contributed by atoms with Gasteiger partial charge in [0.05, 0.1) is 41.4 Å². The Labute approximate surface area is 183 Å². The first kappa shape index (κ1) is 19.3. The van der Waals surface area contributed by atoms with Crippen LogP contribution in [0.3, 0.4) is 0 Å². The summed E-state index contributed by atoms with van der Waals surface area (Å²) in [7, 11) is 0. The van der Waals surface area contributed by atoms with Crippen LogP contribution in [0.5, 0.6) is 0 Å². The fraction of sp³-hybridized carbons (Fsp3) is 0.130. The largest absolute Gasteiger partial charge is 0.363 e. The van der Waals surface area contributed by atoms with Gasteiger partial charge in [0, 0.05) is 12.3 Å². The van der Waals surface area contributed by atoms with E-state index in [2.05, 4.69) is 37.7 Å². The van der Waals surface area contributed by atoms with Gasteiger partial charge < -0.3 is 10.6 Å². The fourth-order valence-electron chi connectivity index (χ4n) is 3.88. The third-order valence-electron chi connectivity index (χ3n) is 5.31. The number of halogens is 1. The van der Waals surface area contributed by atoms with E-state index in [-0.39, 0.29) is 17.6 Å². The van der Waals surface area contributed by atoms with Crippen LogP contribution in [0.2, 0.25) is 5.02 Å². The molecule has 0 amide bonds. The summed E-state index contributed by atoms with van der Waals surface area (Å²) in [6, 6.07) is 17.3. The van der Waals surface area contributed by atoms with Gasteiger partial charge in [-0.1, -0.05) is 41.9 Å². The first-order valence-corrected chi connectivity index (χ1v) is 10.3. The van der Waals surface area contributed by atoms with Crippen LogP contribution in [-0.4, -0.2) is 19.5 Å². The summed E-state index contributed by atoms with van der Waals surface area (Å²) in [5, 5.41) is 7.42. The van der Waals surface area contributed by atoms with E-state index in [1.165, 1.54) is 17.2 Å². The van der Waals surface area contributed by atoms with Crippen LogP contribution >= 0.6 is 11.6 Å². The first-order chi connectivity index (χ1) is 15.2. The molecule has 2 N–H and O–H groups in total. The lowest BCUT2D eigenvalue weighted by molar-refractivity contribution is 0.673. The molecular formula is C23H19ClN6O. The van der Waals surface area contributed by atoms with Gasteiger partial charge in [-0.05, 0) is 35.7 Å². The van der Waals surface area contributed by atoms with Crippen LogP contribution in [0.1, 0.15) is 29.6 Å². The van der Waals surface area contributed by atoms with E-state index in [1.807, 2.05) is 30.3 Å². The number of benzene rings is 1. The minimum absolute atomic E-state index is 0.0667. The third kappa shape index (κ3) is 4.00. The summed E-state index contributed by atoms with van der Waals surface area (Å²) in [4.78, 5) is 25.1. The molecule has 8 heteroatoms. The Morgan fingerprint density at radius 3 is 2.23 bits per heavy atom. The Morgan fingerprint density at radius 2 is 1.55 bits per heavy atom. The van der Waals surface area contributed by atoms with E-state index in [4.69, 9.17) is 11.6 Å². The maximum Gasteiger partial charge on any atom is 0.255 e. The van der Waals surface area contributed by atoms with Crippen LogP contribution in [0.15, 0.2) is 84.2 Å². The molecule has 1 aliphatic rings. The minimum atomic E-state index is -0.0898. The lowest BCUT2D eigenvalue weighted by Crippen LogP contribution is -2.16. The lowest BCUT2D eigenvalue weighted by Gasteiger charge is -2.16. The molecule has 0 aliphatic heterocycles. The number of nitrogens with one attached hydrogen (secondary N) is 2. The van der Waals surface area contributed by atoms with Gasteiger partial charge in [0.25, 0.3) is 5.56 Å². The molecular weight excluding hydrogens is 412 g/mol. The zero-order chi connectivity index (χ0) is 21.2. The van der Waals surface area contributed by atoms with Gasteiger partial charge in [0.2, 0.25) is 5.95 Å². The molecule has 3 aromatic heterocycles. The molecule has 0 bridgehead atoms. The molecule has 0 saturated heterocycles. The predicted octanol–water partition coefficient (Wildman–Crippen LogP) is 4.39. The Bertz CT molecular complexity index is 1260. The standard InChI is InChI=1S/C23H19ClN6O/c24-15-12-26-23(27-13-15)29-20-11-19(17-5-1-2-6-18(17)20)28-21-9-8-16(14-25-21)30-10-4-3-7-22(30)31/h1-10,12-14,19-20H,11H2,(H,25,28)(H,26,27,29). The van der Waals surface area contributed by atoms with Crippen molar-refractivity contribution in [3.63, 3.8) is 0 Å². The summed E-state index contributed by atoms with van der Waals surface area (Å²) < 4.78 is 1.56. The molecule has 31 heavy (non-hydrogen) atoms. The summed E-state index contributed by atoms with van der Waals surface area (Å²) in [5.41, 5.74) is 3.04. The molecule has 1 aromatic carbocycles. The number of rotatable bonds is 5. The van der Waals surface area contributed by atoms with Gasteiger partial charge in [-0.15, -0.1) is 0 Å². The highest BCUT2D eigenvalue weighted by molar-refractivity contribution is 6.30. The zero-order valence-corrected chi connectivity index (χ0v) is 17.2. The average molecular weight is 431 g/mol. The van der Waals surface area contributed by atoms with Gasteiger partial charge in [-0.3, -0.25) is 9.36 Å².